The highest BCUT2D eigenvalue weighted by Gasteiger charge is 2.49. The molecule has 0 radical (unpaired) electrons. The van der Waals surface area contributed by atoms with Crippen molar-refractivity contribution in [1.82, 2.24) is 4.90 Å². The lowest BCUT2D eigenvalue weighted by Crippen LogP contribution is -2.50. The number of carbonyl (C=O) groups excluding carboxylic acids is 1. The maximum absolute atomic E-state index is 13.8. The number of nitrogens with zero attached hydrogens (tertiary/aromatic N) is 1. The maximum Gasteiger partial charge on any atom is 0.141 e. The number of piperidine rings is 1. The summed E-state index contributed by atoms with van der Waals surface area (Å²) >= 11 is 4.51. The SMILES string of the molecule is Cc1ccc(C2CC3CCC(C2C(=O)C(C/C=C/I)C/C=C/I)N3C)cc1. The van der Waals surface area contributed by atoms with Crippen LogP contribution in [0.25, 0.3) is 0 Å². The Bertz CT molecular complexity index is 683. The van der Waals surface area contributed by atoms with E-state index in [1.54, 1.807) is 0 Å². The first-order chi connectivity index (χ1) is 13.1. The molecule has 3 rings (SSSR count). The monoisotopic (exact) mass is 589 g/mol. The van der Waals surface area contributed by atoms with E-state index < -0.39 is 0 Å². The summed E-state index contributed by atoms with van der Waals surface area (Å²) < 4.78 is 4.09. The fraction of sp³-hybridized carbons (Fsp3) is 0.522. The highest BCUT2D eigenvalue weighted by molar-refractivity contribution is 14.1. The first kappa shape index (κ1) is 21.5. The second kappa shape index (κ2) is 10.0. The van der Waals surface area contributed by atoms with Crippen LogP contribution in [0.2, 0.25) is 0 Å². The lowest BCUT2D eigenvalue weighted by atomic mass is 9.70. The van der Waals surface area contributed by atoms with Gasteiger partial charge in [0.1, 0.15) is 5.78 Å². The van der Waals surface area contributed by atoms with Crippen molar-refractivity contribution in [2.75, 3.05) is 7.05 Å². The molecule has 27 heavy (non-hydrogen) atoms. The van der Waals surface area contributed by atoms with Crippen LogP contribution in [0.3, 0.4) is 0 Å². The number of rotatable bonds is 7. The molecule has 0 amide bonds. The van der Waals surface area contributed by atoms with Gasteiger partial charge in [0.05, 0.1) is 0 Å². The molecule has 4 unspecified atom stereocenters. The third-order valence-electron chi connectivity index (χ3n) is 6.52. The molecule has 0 N–H and O–H groups in total. The van der Waals surface area contributed by atoms with Crippen molar-refractivity contribution in [2.24, 2.45) is 11.8 Å². The van der Waals surface area contributed by atoms with Crippen molar-refractivity contribution >= 4 is 51.0 Å². The van der Waals surface area contributed by atoms with Crippen LogP contribution in [0.4, 0.5) is 0 Å². The van der Waals surface area contributed by atoms with Crippen LogP contribution in [0.5, 0.6) is 0 Å². The molecular formula is C23H29I2NO. The number of fused-ring (bicyclic) bond motifs is 2. The Morgan fingerprint density at radius 3 is 2.37 bits per heavy atom. The molecule has 0 spiro atoms. The molecule has 2 fully saturated rings. The van der Waals surface area contributed by atoms with Gasteiger partial charge in [-0.25, -0.2) is 0 Å². The summed E-state index contributed by atoms with van der Waals surface area (Å²) in [6.45, 7) is 2.13. The summed E-state index contributed by atoms with van der Waals surface area (Å²) in [7, 11) is 2.23. The molecule has 2 bridgehead atoms. The van der Waals surface area contributed by atoms with Crippen molar-refractivity contribution < 1.29 is 4.79 Å². The predicted octanol–water partition coefficient (Wildman–Crippen LogP) is 6.42. The molecule has 2 saturated heterocycles. The van der Waals surface area contributed by atoms with Gasteiger partial charge >= 0.3 is 0 Å². The van der Waals surface area contributed by atoms with E-state index in [4.69, 9.17) is 0 Å². The smallest absolute Gasteiger partial charge is 0.141 e. The van der Waals surface area contributed by atoms with Crippen molar-refractivity contribution in [3.63, 3.8) is 0 Å². The molecule has 1 aromatic rings. The number of hydrogen-bond donors (Lipinski definition) is 0. The van der Waals surface area contributed by atoms with Crippen molar-refractivity contribution in [1.29, 1.82) is 0 Å². The molecule has 2 nitrogen and oxygen atoms in total. The summed E-state index contributed by atoms with van der Waals surface area (Å²) in [5, 5.41) is 0. The zero-order valence-corrected chi connectivity index (χ0v) is 20.5. The minimum Gasteiger partial charge on any atom is -0.300 e. The van der Waals surface area contributed by atoms with Gasteiger partial charge < -0.3 is 0 Å². The second-order valence-corrected chi connectivity index (χ2v) is 9.48. The van der Waals surface area contributed by atoms with Crippen LogP contribution in [-0.2, 0) is 4.79 Å². The van der Waals surface area contributed by atoms with Crippen molar-refractivity contribution in [2.45, 2.75) is 57.0 Å². The quantitative estimate of drug-likeness (QED) is 0.342. The average Bonchev–Trinajstić information content (AvgIpc) is 2.91. The standard InChI is InChI=1S/C23H29I2NO/c1-16-7-9-17(10-8-16)20-15-19-11-12-21(26(19)2)22(20)23(27)18(5-3-13-24)6-4-14-25/h3-4,7-10,13-14,18-22H,5-6,11-12,15H2,1-2H3/b13-3+,14-4+. The van der Waals surface area contributed by atoms with E-state index in [-0.39, 0.29) is 11.8 Å². The number of allylic oxidation sites excluding steroid dienone is 2. The van der Waals surface area contributed by atoms with E-state index in [2.05, 4.69) is 100 Å². The highest BCUT2D eigenvalue weighted by Crippen LogP contribution is 2.47. The lowest BCUT2D eigenvalue weighted by molar-refractivity contribution is -0.131. The summed E-state index contributed by atoms with van der Waals surface area (Å²) in [6, 6.07) is 9.95. The normalized spacial score (nSPS) is 28.6. The Balaban J connectivity index is 1.92. The Morgan fingerprint density at radius 1 is 1.15 bits per heavy atom. The number of ketones is 1. The number of hydrogen-bond acceptors (Lipinski definition) is 2. The fourth-order valence-electron chi connectivity index (χ4n) is 5.04. The molecular weight excluding hydrogens is 560 g/mol. The fourth-order valence-corrected chi connectivity index (χ4v) is 5.63. The largest absolute Gasteiger partial charge is 0.300 e. The van der Waals surface area contributed by atoms with E-state index in [0.29, 0.717) is 23.8 Å². The van der Waals surface area contributed by atoms with E-state index in [1.807, 2.05) is 8.17 Å². The summed E-state index contributed by atoms with van der Waals surface area (Å²) in [4.78, 5) is 16.3. The van der Waals surface area contributed by atoms with Crippen LogP contribution in [0.1, 0.15) is 49.1 Å². The molecule has 2 heterocycles. The Labute approximate surface area is 191 Å². The van der Waals surface area contributed by atoms with Gasteiger partial charge in [-0.3, -0.25) is 9.69 Å². The van der Waals surface area contributed by atoms with Gasteiger partial charge in [0.2, 0.25) is 0 Å². The van der Waals surface area contributed by atoms with E-state index >= 15 is 0 Å². The molecule has 1 aromatic carbocycles. The summed E-state index contributed by atoms with van der Waals surface area (Å²) in [6.07, 6.45) is 9.50. The number of benzene rings is 1. The van der Waals surface area contributed by atoms with Gasteiger partial charge in [-0.2, -0.15) is 0 Å². The molecule has 146 valence electrons. The number of Topliss-reactive ketones (excluding diaryl/α,β-unsaturated/α-hetero) is 1. The Hall–Kier alpha value is -0.210. The number of carbonyl (C=O) groups is 1. The average molecular weight is 589 g/mol. The molecule has 4 heteroatoms. The second-order valence-electron chi connectivity index (χ2n) is 8.04. The van der Waals surface area contributed by atoms with Gasteiger partial charge in [-0.15, -0.1) is 0 Å². The molecule has 2 aliphatic heterocycles. The van der Waals surface area contributed by atoms with E-state index in [1.165, 1.54) is 17.5 Å². The van der Waals surface area contributed by atoms with E-state index in [0.717, 1.165) is 25.7 Å². The van der Waals surface area contributed by atoms with Gasteiger partial charge in [-0.1, -0.05) is 87.2 Å². The van der Waals surface area contributed by atoms with Crippen LogP contribution < -0.4 is 0 Å². The van der Waals surface area contributed by atoms with Gasteiger partial charge in [0, 0.05) is 23.9 Å². The Kier molecular flexibility index (Phi) is 7.97. The molecule has 2 aliphatic rings. The minimum atomic E-state index is 0.0885. The van der Waals surface area contributed by atoms with Gasteiger partial charge in [0.25, 0.3) is 0 Å². The first-order valence-corrected chi connectivity index (χ1v) is 12.4. The first-order valence-electron chi connectivity index (χ1n) is 9.89. The third-order valence-corrected chi connectivity index (χ3v) is 7.54. The summed E-state index contributed by atoms with van der Waals surface area (Å²) in [5.41, 5.74) is 2.64. The lowest BCUT2D eigenvalue weighted by Gasteiger charge is -2.43. The molecule has 0 saturated carbocycles. The zero-order valence-electron chi connectivity index (χ0n) is 16.2. The summed E-state index contributed by atoms with van der Waals surface area (Å²) in [5.74, 6) is 1.04. The van der Waals surface area contributed by atoms with Crippen molar-refractivity contribution in [3.05, 3.63) is 55.7 Å². The number of halogens is 2. The Morgan fingerprint density at radius 2 is 1.78 bits per heavy atom. The molecule has 0 aromatic heterocycles. The molecule has 4 atom stereocenters. The predicted molar refractivity (Wildman–Crippen MR) is 131 cm³/mol. The third kappa shape index (κ3) is 4.86. The van der Waals surface area contributed by atoms with Crippen LogP contribution in [0, 0.1) is 18.8 Å². The van der Waals surface area contributed by atoms with Crippen LogP contribution in [-0.4, -0.2) is 29.8 Å². The topological polar surface area (TPSA) is 20.3 Å². The minimum absolute atomic E-state index is 0.0885. The highest BCUT2D eigenvalue weighted by atomic mass is 127. The van der Waals surface area contributed by atoms with Crippen molar-refractivity contribution in [3.8, 4) is 0 Å². The van der Waals surface area contributed by atoms with Crippen LogP contribution >= 0.6 is 45.2 Å². The van der Waals surface area contributed by atoms with Crippen LogP contribution in [0.15, 0.2) is 44.6 Å². The zero-order chi connectivity index (χ0) is 19.4. The van der Waals surface area contributed by atoms with Gasteiger partial charge in [-0.05, 0) is 65.7 Å². The van der Waals surface area contributed by atoms with E-state index in [9.17, 15) is 4.79 Å². The number of aryl methyl sites for hydroxylation is 1. The molecule has 0 aliphatic carbocycles. The maximum atomic E-state index is 13.8. The van der Waals surface area contributed by atoms with Gasteiger partial charge in [0.15, 0.2) is 0 Å².